The number of aliphatic hydroxyl groups is 1. The molecule has 122 valence electrons. The molecule has 2 aromatic heterocycles. The molecule has 0 saturated carbocycles. The maximum Gasteiger partial charge on any atom is 0.253 e. The van der Waals surface area contributed by atoms with E-state index in [0.717, 1.165) is 0 Å². The van der Waals surface area contributed by atoms with Crippen LogP contribution in [-0.2, 0) is 11.3 Å². The minimum atomic E-state index is -1.29. The van der Waals surface area contributed by atoms with Crippen LogP contribution >= 0.6 is 11.6 Å². The third kappa shape index (κ3) is 3.73. The van der Waals surface area contributed by atoms with E-state index in [1.807, 2.05) is 0 Å². The van der Waals surface area contributed by atoms with Crippen molar-refractivity contribution in [2.24, 2.45) is 0 Å². The van der Waals surface area contributed by atoms with Crippen LogP contribution in [0.5, 0.6) is 0 Å². The van der Waals surface area contributed by atoms with Crippen LogP contribution < -0.4 is 5.32 Å². The lowest BCUT2D eigenvalue weighted by Gasteiger charge is -2.10. The monoisotopic (exact) mass is 344 g/mol. The molecule has 0 fully saturated rings. The Bertz CT molecular complexity index is 821. The van der Waals surface area contributed by atoms with Crippen molar-refractivity contribution in [1.82, 2.24) is 30.5 Å². The number of rotatable bonds is 5. The summed E-state index contributed by atoms with van der Waals surface area (Å²) >= 11 is 5.78. The summed E-state index contributed by atoms with van der Waals surface area (Å²) in [6.07, 6.45) is 3.34. The van der Waals surface area contributed by atoms with E-state index < -0.39 is 12.0 Å². The summed E-state index contributed by atoms with van der Waals surface area (Å²) < 4.78 is 0. The number of benzene rings is 1. The molecular weight excluding hydrogens is 332 g/mol. The van der Waals surface area contributed by atoms with Gasteiger partial charge in [-0.2, -0.15) is 5.10 Å². The molecule has 0 bridgehead atoms. The highest BCUT2D eigenvalue weighted by molar-refractivity contribution is 6.30. The molecule has 1 amide bonds. The first-order chi connectivity index (χ1) is 11.6. The van der Waals surface area contributed by atoms with Crippen molar-refractivity contribution in [1.29, 1.82) is 0 Å². The highest BCUT2D eigenvalue weighted by atomic mass is 35.5. The second kappa shape index (κ2) is 7.16. The van der Waals surface area contributed by atoms with E-state index in [-0.39, 0.29) is 6.54 Å². The number of halogens is 1. The molecule has 3 aromatic rings. The lowest BCUT2D eigenvalue weighted by molar-refractivity contribution is -0.129. The summed E-state index contributed by atoms with van der Waals surface area (Å²) in [5.41, 5.74) is 0.974. The molecule has 0 aliphatic carbocycles. The Morgan fingerprint density at radius 3 is 2.79 bits per heavy atom. The first-order valence-electron chi connectivity index (χ1n) is 7.02. The van der Waals surface area contributed by atoms with Crippen LogP contribution in [0.2, 0.25) is 5.02 Å². The van der Waals surface area contributed by atoms with Crippen LogP contribution in [-0.4, -0.2) is 36.2 Å². The number of carbonyl (C=O) groups is 1. The molecule has 8 nitrogen and oxygen atoms in total. The zero-order valence-corrected chi connectivity index (χ0v) is 13.1. The number of H-pyrrole nitrogens is 1. The van der Waals surface area contributed by atoms with Gasteiger partial charge in [0.05, 0.1) is 12.7 Å². The van der Waals surface area contributed by atoms with E-state index in [0.29, 0.717) is 27.9 Å². The molecule has 1 aromatic carbocycles. The average Bonchev–Trinajstić information content (AvgIpc) is 3.09. The highest BCUT2D eigenvalue weighted by Crippen LogP contribution is 2.16. The van der Waals surface area contributed by atoms with Crippen LogP contribution in [0.3, 0.4) is 0 Å². The Morgan fingerprint density at radius 2 is 2.08 bits per heavy atom. The lowest BCUT2D eigenvalue weighted by atomic mass is 10.1. The van der Waals surface area contributed by atoms with Crippen molar-refractivity contribution in [2.75, 3.05) is 0 Å². The van der Waals surface area contributed by atoms with Gasteiger partial charge >= 0.3 is 0 Å². The third-order valence-corrected chi connectivity index (χ3v) is 3.44. The number of aromatic nitrogens is 5. The van der Waals surface area contributed by atoms with E-state index in [1.54, 1.807) is 30.5 Å². The average molecular weight is 345 g/mol. The summed E-state index contributed by atoms with van der Waals surface area (Å²) in [6, 6.07) is 6.40. The second-order valence-corrected chi connectivity index (χ2v) is 5.30. The molecule has 24 heavy (non-hydrogen) atoms. The Hall–Kier alpha value is -2.84. The van der Waals surface area contributed by atoms with E-state index in [9.17, 15) is 9.90 Å². The summed E-state index contributed by atoms with van der Waals surface area (Å²) in [7, 11) is 0. The van der Waals surface area contributed by atoms with Crippen LogP contribution in [0.4, 0.5) is 0 Å². The second-order valence-electron chi connectivity index (χ2n) is 4.87. The largest absolute Gasteiger partial charge is 0.378 e. The predicted octanol–water partition coefficient (Wildman–Crippen LogP) is 1.26. The minimum absolute atomic E-state index is 0.0940. The van der Waals surface area contributed by atoms with Crippen LogP contribution in [0.15, 0.2) is 42.9 Å². The molecular formula is C15H13ClN6O2. The number of nitrogens with zero attached hydrogens (tertiary/aromatic N) is 4. The summed E-state index contributed by atoms with van der Waals surface area (Å²) in [6.45, 7) is 0.0940. The summed E-state index contributed by atoms with van der Waals surface area (Å²) in [5, 5.41) is 19.9. The quantitative estimate of drug-likeness (QED) is 0.641. The van der Waals surface area contributed by atoms with E-state index in [2.05, 4.69) is 30.5 Å². The Kier molecular flexibility index (Phi) is 4.78. The predicted molar refractivity (Wildman–Crippen MR) is 85.7 cm³/mol. The lowest BCUT2D eigenvalue weighted by Crippen LogP contribution is -2.29. The number of hydrogen-bond acceptors (Lipinski definition) is 6. The molecule has 0 unspecified atom stereocenters. The number of aliphatic hydroxyl groups excluding tert-OH is 1. The fraction of sp³-hybridized carbons (Fsp3) is 0.133. The fourth-order valence-corrected chi connectivity index (χ4v) is 2.09. The van der Waals surface area contributed by atoms with Gasteiger partial charge in [0.1, 0.15) is 11.5 Å². The van der Waals surface area contributed by atoms with Crippen molar-refractivity contribution >= 4 is 17.5 Å². The van der Waals surface area contributed by atoms with Gasteiger partial charge in [0.2, 0.25) is 5.82 Å². The fourth-order valence-electron chi connectivity index (χ4n) is 1.97. The van der Waals surface area contributed by atoms with Gasteiger partial charge in [0, 0.05) is 17.4 Å². The van der Waals surface area contributed by atoms with Gasteiger partial charge in [-0.15, -0.1) is 0 Å². The molecule has 9 heteroatoms. The Morgan fingerprint density at radius 1 is 1.29 bits per heavy atom. The van der Waals surface area contributed by atoms with Crippen LogP contribution in [0.25, 0.3) is 11.5 Å². The Labute approximate surface area is 142 Å². The molecule has 3 N–H and O–H groups in total. The van der Waals surface area contributed by atoms with Gasteiger partial charge in [0.25, 0.3) is 5.91 Å². The molecule has 0 aliphatic heterocycles. The van der Waals surface area contributed by atoms with Gasteiger partial charge < -0.3 is 10.4 Å². The van der Waals surface area contributed by atoms with Crippen molar-refractivity contribution in [2.45, 2.75) is 12.6 Å². The number of amides is 1. The van der Waals surface area contributed by atoms with Gasteiger partial charge in [-0.3, -0.25) is 14.9 Å². The van der Waals surface area contributed by atoms with Crippen molar-refractivity contribution in [3.63, 3.8) is 0 Å². The van der Waals surface area contributed by atoms with Gasteiger partial charge in [-0.25, -0.2) is 9.97 Å². The number of carbonyl (C=O) groups excluding carboxylic acids is 1. The number of hydrogen-bond donors (Lipinski definition) is 3. The molecule has 3 rings (SSSR count). The van der Waals surface area contributed by atoms with Gasteiger partial charge in [-0.05, 0) is 17.7 Å². The molecule has 0 spiro atoms. The molecule has 0 aliphatic rings. The maximum atomic E-state index is 12.0. The van der Waals surface area contributed by atoms with Crippen LogP contribution in [0.1, 0.15) is 17.5 Å². The standard InChI is InChI=1S/C15H13ClN6O2/c16-10-3-1-9(2-4-10)13(23)15(24)19-8-12-20-14(22-21-12)11-7-17-5-6-18-11/h1-7,13,23H,8H2,(H,19,24)(H,20,21,22)/t13-/m1/s1. The Balaban J connectivity index is 1.60. The van der Waals surface area contributed by atoms with E-state index in [1.165, 1.54) is 12.4 Å². The summed E-state index contributed by atoms with van der Waals surface area (Å²) in [4.78, 5) is 24.2. The SMILES string of the molecule is O=C(NCc1nc(-c2cnccn2)n[nH]1)[C@H](O)c1ccc(Cl)cc1. The van der Waals surface area contributed by atoms with Crippen LogP contribution in [0, 0.1) is 0 Å². The first-order valence-corrected chi connectivity index (χ1v) is 7.40. The summed E-state index contributed by atoms with van der Waals surface area (Å²) in [5.74, 6) is 0.271. The van der Waals surface area contributed by atoms with Crippen molar-refractivity contribution in [3.05, 3.63) is 59.3 Å². The topological polar surface area (TPSA) is 117 Å². The molecule has 1 atom stereocenters. The number of nitrogens with one attached hydrogen (secondary N) is 2. The van der Waals surface area contributed by atoms with Gasteiger partial charge in [0.15, 0.2) is 6.10 Å². The van der Waals surface area contributed by atoms with E-state index in [4.69, 9.17) is 11.6 Å². The maximum absolute atomic E-state index is 12.0. The van der Waals surface area contributed by atoms with Crippen molar-refractivity contribution < 1.29 is 9.90 Å². The normalized spacial score (nSPS) is 11.9. The third-order valence-electron chi connectivity index (χ3n) is 3.19. The molecule has 2 heterocycles. The highest BCUT2D eigenvalue weighted by Gasteiger charge is 2.17. The minimum Gasteiger partial charge on any atom is -0.378 e. The number of aromatic amines is 1. The first kappa shape index (κ1) is 16.0. The molecule has 0 saturated heterocycles. The van der Waals surface area contributed by atoms with E-state index >= 15 is 0 Å². The zero-order valence-electron chi connectivity index (χ0n) is 12.3. The van der Waals surface area contributed by atoms with Gasteiger partial charge in [-0.1, -0.05) is 23.7 Å². The molecule has 0 radical (unpaired) electrons. The zero-order chi connectivity index (χ0) is 16.9. The smallest absolute Gasteiger partial charge is 0.253 e. The van der Waals surface area contributed by atoms with Crippen molar-refractivity contribution in [3.8, 4) is 11.5 Å².